The summed E-state index contributed by atoms with van der Waals surface area (Å²) >= 11 is 3.45. The van der Waals surface area contributed by atoms with E-state index in [0.717, 1.165) is 23.7 Å². The van der Waals surface area contributed by atoms with Gasteiger partial charge >= 0.3 is 0 Å². The van der Waals surface area contributed by atoms with Gasteiger partial charge in [0.05, 0.1) is 6.54 Å². The van der Waals surface area contributed by atoms with E-state index in [0.29, 0.717) is 6.54 Å². The first kappa shape index (κ1) is 13.9. The van der Waals surface area contributed by atoms with Crippen LogP contribution >= 0.6 is 15.9 Å². The van der Waals surface area contributed by atoms with Crippen LogP contribution in [0.3, 0.4) is 0 Å². The Morgan fingerprint density at radius 3 is 2.83 bits per heavy atom. The van der Waals surface area contributed by atoms with Crippen LogP contribution in [0.1, 0.15) is 17.5 Å². The average Bonchev–Trinajstić information content (AvgIpc) is 2.36. The summed E-state index contributed by atoms with van der Waals surface area (Å²) in [5.41, 5.74) is 7.91. The van der Waals surface area contributed by atoms with Gasteiger partial charge in [-0.1, -0.05) is 22.0 Å². The zero-order valence-corrected chi connectivity index (χ0v) is 11.6. The predicted molar refractivity (Wildman–Crippen MR) is 72.0 cm³/mol. The Kier molecular flexibility index (Phi) is 4.35. The van der Waals surface area contributed by atoms with Gasteiger partial charge in [-0.15, -0.1) is 0 Å². The van der Waals surface area contributed by atoms with E-state index in [2.05, 4.69) is 27.3 Å². The lowest BCUT2D eigenvalue weighted by Gasteiger charge is -2.38. The van der Waals surface area contributed by atoms with Crippen molar-refractivity contribution in [2.75, 3.05) is 13.1 Å². The number of hydrogen-bond donors (Lipinski definition) is 2. The van der Waals surface area contributed by atoms with Crippen molar-refractivity contribution in [3.63, 3.8) is 0 Å². The molecule has 3 N–H and O–H groups in total. The van der Waals surface area contributed by atoms with Crippen molar-refractivity contribution in [3.05, 3.63) is 33.8 Å². The highest BCUT2D eigenvalue weighted by Crippen LogP contribution is 2.30. The summed E-state index contributed by atoms with van der Waals surface area (Å²) in [6.07, 6.45) is 0.0699. The third-order valence-electron chi connectivity index (χ3n) is 3.59. The van der Waals surface area contributed by atoms with Gasteiger partial charge in [0.1, 0.15) is 0 Å². The fourth-order valence-electron chi connectivity index (χ4n) is 2.52. The second kappa shape index (κ2) is 5.63. The van der Waals surface area contributed by atoms with Gasteiger partial charge in [0.2, 0.25) is 0 Å². The molecule has 18 heavy (non-hydrogen) atoms. The minimum absolute atomic E-state index is 0.289. The van der Waals surface area contributed by atoms with E-state index in [1.165, 1.54) is 11.1 Å². The Bertz CT molecular complexity index is 425. The van der Waals surface area contributed by atoms with Crippen LogP contribution in [-0.2, 0) is 12.8 Å². The Balaban J connectivity index is 2.15. The molecule has 1 aliphatic rings. The predicted octanol–water partition coefficient (Wildman–Crippen LogP) is 2.49. The average molecular weight is 319 g/mol. The number of alkyl halides is 2. The molecule has 0 spiro atoms. The molecule has 1 aliphatic carbocycles. The lowest BCUT2D eigenvalue weighted by Crippen LogP contribution is -2.56. The largest absolute Gasteiger partial charge is 0.329 e. The number of nitrogens with one attached hydrogen (secondary N) is 1. The minimum Gasteiger partial charge on any atom is -0.329 e. The number of aryl methyl sites for hydroxylation is 1. The maximum atomic E-state index is 12.3. The lowest BCUT2D eigenvalue weighted by atomic mass is 9.78. The van der Waals surface area contributed by atoms with Crippen LogP contribution in [0.5, 0.6) is 0 Å². The first-order valence-electron chi connectivity index (χ1n) is 6.05. The Morgan fingerprint density at radius 2 is 2.17 bits per heavy atom. The Morgan fingerprint density at radius 1 is 1.39 bits per heavy atom. The summed E-state index contributed by atoms with van der Waals surface area (Å²) in [5, 5.41) is 2.95. The van der Waals surface area contributed by atoms with Gasteiger partial charge in [0.15, 0.2) is 0 Å². The summed E-state index contributed by atoms with van der Waals surface area (Å²) in [6, 6.07) is 6.13. The third kappa shape index (κ3) is 3.08. The summed E-state index contributed by atoms with van der Waals surface area (Å²) in [6.45, 7) is 0.0955. The van der Waals surface area contributed by atoms with Gasteiger partial charge in [-0.2, -0.15) is 0 Å². The van der Waals surface area contributed by atoms with Crippen molar-refractivity contribution in [1.29, 1.82) is 0 Å². The molecule has 0 fully saturated rings. The molecule has 0 bridgehead atoms. The van der Waals surface area contributed by atoms with Crippen molar-refractivity contribution in [2.24, 2.45) is 5.73 Å². The fraction of sp³-hybridized carbons (Fsp3) is 0.538. The highest BCUT2D eigenvalue weighted by atomic mass is 79.9. The monoisotopic (exact) mass is 318 g/mol. The first-order chi connectivity index (χ1) is 8.54. The molecule has 1 aromatic rings. The smallest absolute Gasteiger partial charge is 0.250 e. The molecule has 0 saturated heterocycles. The summed E-state index contributed by atoms with van der Waals surface area (Å²) in [5.74, 6) is 0. The molecule has 1 atom stereocenters. The second-order valence-corrected chi connectivity index (χ2v) is 5.76. The highest BCUT2D eigenvalue weighted by Gasteiger charge is 2.33. The molecule has 2 nitrogen and oxygen atoms in total. The highest BCUT2D eigenvalue weighted by molar-refractivity contribution is 9.10. The lowest BCUT2D eigenvalue weighted by molar-refractivity contribution is 0.126. The van der Waals surface area contributed by atoms with Crippen LogP contribution < -0.4 is 11.1 Å². The van der Waals surface area contributed by atoms with E-state index in [9.17, 15) is 8.78 Å². The molecular weight excluding hydrogens is 302 g/mol. The van der Waals surface area contributed by atoms with Crippen molar-refractivity contribution in [1.82, 2.24) is 5.32 Å². The number of fused-ring (bicyclic) bond motifs is 1. The minimum atomic E-state index is -2.33. The van der Waals surface area contributed by atoms with Crippen LogP contribution in [-0.4, -0.2) is 25.1 Å². The maximum Gasteiger partial charge on any atom is 0.250 e. The van der Waals surface area contributed by atoms with E-state index in [4.69, 9.17) is 5.73 Å². The molecule has 0 saturated carbocycles. The van der Waals surface area contributed by atoms with Crippen molar-refractivity contribution >= 4 is 15.9 Å². The molecule has 5 heteroatoms. The number of halogens is 3. The van der Waals surface area contributed by atoms with Crippen LogP contribution in [0.4, 0.5) is 8.78 Å². The van der Waals surface area contributed by atoms with E-state index >= 15 is 0 Å². The summed E-state index contributed by atoms with van der Waals surface area (Å²) < 4.78 is 25.7. The van der Waals surface area contributed by atoms with Gasteiger partial charge in [-0.25, -0.2) is 8.78 Å². The van der Waals surface area contributed by atoms with Crippen LogP contribution in [0.2, 0.25) is 0 Å². The topological polar surface area (TPSA) is 38.0 Å². The molecule has 0 amide bonds. The fourth-order valence-corrected chi connectivity index (χ4v) is 2.93. The first-order valence-corrected chi connectivity index (χ1v) is 6.84. The zero-order valence-electron chi connectivity index (χ0n) is 10.1. The van der Waals surface area contributed by atoms with E-state index in [-0.39, 0.29) is 12.1 Å². The van der Waals surface area contributed by atoms with Crippen LogP contribution in [0.15, 0.2) is 22.7 Å². The van der Waals surface area contributed by atoms with E-state index < -0.39 is 6.43 Å². The molecular formula is C13H17BrF2N2. The quantitative estimate of drug-likeness (QED) is 0.895. The normalized spacial score (nSPS) is 23.2. The molecule has 0 radical (unpaired) electrons. The van der Waals surface area contributed by atoms with Crippen LogP contribution in [0.25, 0.3) is 0 Å². The molecule has 100 valence electrons. The zero-order chi connectivity index (χ0) is 13.2. The van der Waals surface area contributed by atoms with Crippen LogP contribution in [0, 0.1) is 0 Å². The summed E-state index contributed by atoms with van der Waals surface area (Å²) in [7, 11) is 0. The van der Waals surface area contributed by atoms with Crippen molar-refractivity contribution in [3.8, 4) is 0 Å². The number of nitrogens with two attached hydrogens (primary N) is 1. The van der Waals surface area contributed by atoms with Gasteiger partial charge in [-0.05, 0) is 42.5 Å². The molecule has 1 unspecified atom stereocenters. The van der Waals surface area contributed by atoms with Gasteiger partial charge in [0, 0.05) is 16.6 Å². The summed E-state index contributed by atoms with van der Waals surface area (Å²) in [4.78, 5) is 0. The molecule has 0 heterocycles. The molecule has 0 aromatic heterocycles. The van der Waals surface area contributed by atoms with Crippen molar-refractivity contribution in [2.45, 2.75) is 31.2 Å². The van der Waals surface area contributed by atoms with Gasteiger partial charge in [-0.3, -0.25) is 0 Å². The molecule has 1 aromatic carbocycles. The maximum absolute atomic E-state index is 12.3. The standard InChI is InChI=1S/C13H17BrF2N2/c14-11-2-1-10-6-13(8-17,18-7-12(15)16)4-3-9(10)5-11/h1-2,5,12,18H,3-4,6-8,17H2. The molecule has 2 rings (SSSR count). The van der Waals surface area contributed by atoms with E-state index in [1.807, 2.05) is 12.1 Å². The van der Waals surface area contributed by atoms with Gasteiger partial charge in [0.25, 0.3) is 6.43 Å². The number of hydrogen-bond acceptors (Lipinski definition) is 2. The van der Waals surface area contributed by atoms with Gasteiger partial charge < -0.3 is 11.1 Å². The third-order valence-corrected chi connectivity index (χ3v) is 4.09. The van der Waals surface area contributed by atoms with E-state index in [1.54, 1.807) is 0 Å². The number of benzene rings is 1. The second-order valence-electron chi connectivity index (χ2n) is 4.85. The SMILES string of the molecule is NCC1(NCC(F)F)CCc2cc(Br)ccc2C1. The molecule has 0 aliphatic heterocycles. The number of rotatable bonds is 4. The Labute approximate surface area is 114 Å². The van der Waals surface area contributed by atoms with Crippen molar-refractivity contribution < 1.29 is 8.78 Å². The Hall–Kier alpha value is -0.520.